The summed E-state index contributed by atoms with van der Waals surface area (Å²) >= 11 is 6.78. The molecule has 0 saturated carbocycles. The van der Waals surface area contributed by atoms with Crippen LogP contribution in [0.3, 0.4) is 0 Å². The van der Waals surface area contributed by atoms with Gasteiger partial charge in [0.1, 0.15) is 6.29 Å². The van der Waals surface area contributed by atoms with E-state index in [0.717, 1.165) is 24.5 Å². The molecule has 0 aromatic heterocycles. The fraction of sp³-hybridized carbons (Fsp3) is 0.833. The first-order chi connectivity index (χ1) is 4.31. The minimum absolute atomic E-state index is 0.525. The second-order valence-electron chi connectivity index (χ2n) is 1.85. The number of hydrogen-bond donors (Lipinski definition) is 0. The van der Waals surface area contributed by atoms with Gasteiger partial charge in [-0.05, 0) is 12.8 Å². The zero-order chi connectivity index (χ0) is 7.11. The number of hydrogen-bond acceptors (Lipinski definition) is 1. The normalized spacial score (nSPS) is 13.1. The van der Waals surface area contributed by atoms with E-state index in [2.05, 4.69) is 31.9 Å². The zero-order valence-corrected chi connectivity index (χ0v) is 8.32. The first kappa shape index (κ1) is 9.63. The average Bonchev–Trinajstić information content (AvgIpc) is 1.89. The Kier molecular flexibility index (Phi) is 7.22. The Morgan fingerprint density at radius 2 is 2.22 bits per heavy atom. The molecule has 0 aromatic rings. The lowest BCUT2D eigenvalue weighted by atomic mass is 10.2. The smallest absolute Gasteiger partial charge is 0.119 e. The number of aldehydes is 1. The Bertz CT molecular complexity index is 75.5. The molecule has 0 rings (SSSR count). The van der Waals surface area contributed by atoms with Crippen molar-refractivity contribution in [2.24, 2.45) is 0 Å². The summed E-state index contributed by atoms with van der Waals surface area (Å²) in [7, 11) is 0. The molecule has 54 valence electrons. The second kappa shape index (κ2) is 6.75. The predicted octanol–water partition coefficient (Wildman–Crippen LogP) is 2.51. The fourth-order valence-corrected chi connectivity index (χ4v) is 1.15. The van der Waals surface area contributed by atoms with E-state index in [0.29, 0.717) is 11.2 Å². The molecule has 0 heterocycles. The monoisotopic (exact) mass is 256 g/mol. The van der Waals surface area contributed by atoms with Gasteiger partial charge in [-0.3, -0.25) is 0 Å². The Labute approximate surface area is 72.5 Å². The van der Waals surface area contributed by atoms with Crippen LogP contribution in [0.5, 0.6) is 0 Å². The van der Waals surface area contributed by atoms with Crippen LogP contribution in [-0.4, -0.2) is 16.4 Å². The van der Waals surface area contributed by atoms with Gasteiger partial charge in [0.25, 0.3) is 0 Å². The van der Waals surface area contributed by atoms with Crippen molar-refractivity contribution < 1.29 is 4.79 Å². The van der Waals surface area contributed by atoms with Crippen molar-refractivity contribution >= 4 is 38.1 Å². The summed E-state index contributed by atoms with van der Waals surface area (Å²) in [6.07, 6.45) is 3.72. The van der Waals surface area contributed by atoms with Crippen molar-refractivity contribution in [1.29, 1.82) is 0 Å². The Hall–Kier alpha value is 0.630. The van der Waals surface area contributed by atoms with Crippen LogP contribution in [0.4, 0.5) is 0 Å². The van der Waals surface area contributed by atoms with Gasteiger partial charge >= 0.3 is 0 Å². The topological polar surface area (TPSA) is 17.1 Å². The van der Waals surface area contributed by atoms with E-state index in [1.807, 2.05) is 0 Å². The molecular formula is C6H10Br2O. The third-order valence-electron chi connectivity index (χ3n) is 1.01. The van der Waals surface area contributed by atoms with Crippen LogP contribution in [0.15, 0.2) is 0 Å². The number of unbranched alkanes of at least 4 members (excludes halogenated alkanes) is 1. The number of carbonyl (C=O) groups is 1. The van der Waals surface area contributed by atoms with Crippen molar-refractivity contribution in [2.75, 3.05) is 5.33 Å². The quantitative estimate of drug-likeness (QED) is 0.420. The van der Waals surface area contributed by atoms with Gasteiger partial charge in [-0.25, -0.2) is 0 Å². The summed E-state index contributed by atoms with van der Waals surface area (Å²) in [5, 5.41) is 0.964. The summed E-state index contributed by atoms with van der Waals surface area (Å²) in [6.45, 7) is 0. The summed E-state index contributed by atoms with van der Waals surface area (Å²) in [4.78, 5) is 10.4. The fourth-order valence-electron chi connectivity index (χ4n) is 0.500. The highest BCUT2D eigenvalue weighted by Crippen LogP contribution is 2.11. The predicted molar refractivity (Wildman–Crippen MR) is 46.4 cm³/mol. The van der Waals surface area contributed by atoms with E-state index in [1.54, 1.807) is 0 Å². The van der Waals surface area contributed by atoms with Crippen molar-refractivity contribution in [3.8, 4) is 0 Å². The van der Waals surface area contributed by atoms with Crippen LogP contribution in [0, 0.1) is 0 Å². The third-order valence-corrected chi connectivity index (χ3v) is 3.44. The molecule has 0 N–H and O–H groups in total. The van der Waals surface area contributed by atoms with Crippen molar-refractivity contribution in [2.45, 2.75) is 24.1 Å². The molecule has 0 amide bonds. The molecule has 0 aliphatic heterocycles. The molecule has 1 unspecified atom stereocenters. The van der Waals surface area contributed by atoms with Gasteiger partial charge in [0.15, 0.2) is 0 Å². The van der Waals surface area contributed by atoms with Crippen molar-refractivity contribution in [1.82, 2.24) is 0 Å². The maximum Gasteiger partial charge on any atom is 0.119 e. The van der Waals surface area contributed by atoms with Gasteiger partial charge in [-0.1, -0.05) is 31.9 Å². The van der Waals surface area contributed by atoms with Gasteiger partial charge in [-0.15, -0.1) is 0 Å². The standard InChI is InChI=1S/C6H10Br2O/c7-5-6(8)3-1-2-4-9/h4,6H,1-3,5H2. The van der Waals surface area contributed by atoms with Crippen LogP contribution in [0.2, 0.25) is 0 Å². The maximum atomic E-state index is 9.85. The lowest BCUT2D eigenvalue weighted by molar-refractivity contribution is -0.107. The number of carbonyl (C=O) groups excluding carboxylic acids is 1. The number of rotatable bonds is 5. The summed E-state index contributed by atoms with van der Waals surface area (Å²) in [5.41, 5.74) is 0. The lowest BCUT2D eigenvalue weighted by Crippen LogP contribution is -1.97. The molecule has 0 aliphatic rings. The average molecular weight is 258 g/mol. The summed E-state index contributed by atoms with van der Waals surface area (Å²) in [5.74, 6) is 0. The van der Waals surface area contributed by atoms with E-state index in [1.165, 1.54) is 0 Å². The SMILES string of the molecule is O=CCCCC(Br)CBr. The second-order valence-corrected chi connectivity index (χ2v) is 3.79. The third kappa shape index (κ3) is 6.52. The van der Waals surface area contributed by atoms with Crippen LogP contribution < -0.4 is 0 Å². The molecule has 0 fully saturated rings. The molecular weight excluding hydrogens is 248 g/mol. The van der Waals surface area contributed by atoms with Crippen LogP contribution in [0.1, 0.15) is 19.3 Å². The number of alkyl halides is 2. The molecule has 3 heteroatoms. The van der Waals surface area contributed by atoms with Gasteiger partial charge < -0.3 is 4.79 Å². The van der Waals surface area contributed by atoms with Gasteiger partial charge in [-0.2, -0.15) is 0 Å². The molecule has 0 spiro atoms. The van der Waals surface area contributed by atoms with Crippen molar-refractivity contribution in [3.05, 3.63) is 0 Å². The summed E-state index contributed by atoms with van der Waals surface area (Å²) < 4.78 is 0. The first-order valence-electron chi connectivity index (χ1n) is 2.95. The molecule has 0 bridgehead atoms. The molecule has 1 atom stereocenters. The minimum atomic E-state index is 0.525. The van der Waals surface area contributed by atoms with E-state index < -0.39 is 0 Å². The van der Waals surface area contributed by atoms with Crippen molar-refractivity contribution in [3.63, 3.8) is 0 Å². The highest BCUT2D eigenvalue weighted by atomic mass is 79.9. The first-order valence-corrected chi connectivity index (χ1v) is 4.98. The molecule has 0 aromatic carbocycles. The molecule has 1 nitrogen and oxygen atoms in total. The molecule has 0 aliphatic carbocycles. The lowest BCUT2D eigenvalue weighted by Gasteiger charge is -2.01. The highest BCUT2D eigenvalue weighted by Gasteiger charge is 1.99. The molecule has 0 radical (unpaired) electrons. The Balaban J connectivity index is 2.96. The zero-order valence-electron chi connectivity index (χ0n) is 5.15. The van der Waals surface area contributed by atoms with E-state index in [4.69, 9.17) is 0 Å². The van der Waals surface area contributed by atoms with E-state index in [-0.39, 0.29) is 0 Å². The Morgan fingerprint density at radius 3 is 2.67 bits per heavy atom. The van der Waals surface area contributed by atoms with Crippen LogP contribution >= 0.6 is 31.9 Å². The minimum Gasteiger partial charge on any atom is -0.303 e. The highest BCUT2D eigenvalue weighted by molar-refractivity contribution is 9.12. The molecule has 0 saturated heterocycles. The van der Waals surface area contributed by atoms with Crippen LogP contribution in [-0.2, 0) is 4.79 Å². The van der Waals surface area contributed by atoms with Crippen LogP contribution in [0.25, 0.3) is 0 Å². The largest absolute Gasteiger partial charge is 0.303 e. The Morgan fingerprint density at radius 1 is 1.56 bits per heavy atom. The van der Waals surface area contributed by atoms with E-state index in [9.17, 15) is 4.79 Å². The van der Waals surface area contributed by atoms with E-state index >= 15 is 0 Å². The molecule has 9 heavy (non-hydrogen) atoms. The van der Waals surface area contributed by atoms with Gasteiger partial charge in [0.05, 0.1) is 0 Å². The van der Waals surface area contributed by atoms with Gasteiger partial charge in [0, 0.05) is 16.6 Å². The number of halogens is 2. The maximum absolute atomic E-state index is 9.85. The summed E-state index contributed by atoms with van der Waals surface area (Å²) in [6, 6.07) is 0. The van der Waals surface area contributed by atoms with Gasteiger partial charge in [0.2, 0.25) is 0 Å².